The molecule has 0 fully saturated rings. The van der Waals surface area contributed by atoms with Crippen molar-refractivity contribution in [3.8, 4) is 0 Å². The molecule has 0 saturated carbocycles. The molecule has 0 atom stereocenters. The highest BCUT2D eigenvalue weighted by molar-refractivity contribution is 5.69. The average Bonchev–Trinajstić information content (AvgIpc) is 2.58. The Kier molecular flexibility index (Phi) is 19.6. The molecule has 0 aliphatic rings. The Bertz CT molecular complexity index is 284. The van der Waals surface area contributed by atoms with Crippen LogP contribution >= 0.6 is 0 Å². The second-order valence-corrected chi connectivity index (χ2v) is 6.85. The lowest BCUT2D eigenvalue weighted by molar-refractivity contribution is -0.143. The van der Waals surface area contributed by atoms with Crippen molar-refractivity contribution < 1.29 is 9.53 Å². The van der Waals surface area contributed by atoms with Crippen LogP contribution in [-0.4, -0.2) is 12.6 Å². The molecule has 0 N–H and O–H groups in total. The van der Waals surface area contributed by atoms with E-state index in [1.54, 1.807) is 0 Å². The first-order valence-electron chi connectivity index (χ1n) is 10.6. The van der Waals surface area contributed by atoms with Gasteiger partial charge in [0.2, 0.25) is 0 Å². The fourth-order valence-electron chi connectivity index (χ4n) is 2.93. The molecule has 0 unspecified atom stereocenters. The Morgan fingerprint density at radius 1 is 0.667 bits per heavy atom. The summed E-state index contributed by atoms with van der Waals surface area (Å²) in [4.78, 5) is 11.2. The van der Waals surface area contributed by atoms with Gasteiger partial charge >= 0.3 is 5.97 Å². The molecule has 0 aromatic heterocycles. The molecule has 0 aromatic rings. The number of carbonyl (C=O) groups is 1. The van der Waals surface area contributed by atoms with Crippen molar-refractivity contribution in [1.82, 2.24) is 0 Å². The highest BCUT2D eigenvalue weighted by Crippen LogP contribution is 2.11. The van der Waals surface area contributed by atoms with Crippen LogP contribution in [0.2, 0.25) is 0 Å². The molecule has 0 radical (unpaired) electrons. The minimum Gasteiger partial charge on any atom is -0.466 e. The molecular formula is C22H42O2. The van der Waals surface area contributed by atoms with Crippen molar-refractivity contribution in [1.29, 1.82) is 0 Å². The van der Waals surface area contributed by atoms with E-state index in [2.05, 4.69) is 19.1 Å². The van der Waals surface area contributed by atoms with E-state index in [0.717, 1.165) is 12.8 Å². The summed E-state index contributed by atoms with van der Waals surface area (Å²) in [6.45, 7) is 4.64. The minimum atomic E-state index is -0.0432. The van der Waals surface area contributed by atoms with Gasteiger partial charge in [-0.3, -0.25) is 4.79 Å². The molecule has 0 aromatic carbocycles. The topological polar surface area (TPSA) is 26.3 Å². The minimum absolute atomic E-state index is 0.0432. The van der Waals surface area contributed by atoms with Crippen LogP contribution in [0, 0.1) is 0 Å². The van der Waals surface area contributed by atoms with Crippen molar-refractivity contribution in [3.63, 3.8) is 0 Å². The van der Waals surface area contributed by atoms with Crippen LogP contribution < -0.4 is 0 Å². The van der Waals surface area contributed by atoms with Crippen molar-refractivity contribution >= 4 is 5.97 Å². The lowest BCUT2D eigenvalue weighted by Crippen LogP contribution is -2.02. The number of unbranched alkanes of at least 4 members (excludes halogenated alkanes) is 13. The van der Waals surface area contributed by atoms with E-state index in [1.807, 2.05) is 6.92 Å². The summed E-state index contributed by atoms with van der Waals surface area (Å²) in [5.74, 6) is -0.0432. The van der Waals surface area contributed by atoms with E-state index in [1.165, 1.54) is 83.5 Å². The first kappa shape index (κ1) is 23.2. The molecule has 2 nitrogen and oxygen atoms in total. The Morgan fingerprint density at radius 3 is 1.62 bits per heavy atom. The van der Waals surface area contributed by atoms with Gasteiger partial charge in [0.15, 0.2) is 0 Å². The van der Waals surface area contributed by atoms with E-state index < -0.39 is 0 Å². The zero-order chi connectivity index (χ0) is 17.7. The van der Waals surface area contributed by atoms with Crippen molar-refractivity contribution in [2.75, 3.05) is 6.61 Å². The maximum absolute atomic E-state index is 11.2. The van der Waals surface area contributed by atoms with Gasteiger partial charge in [0.05, 0.1) is 6.61 Å². The lowest BCUT2D eigenvalue weighted by atomic mass is 10.1. The summed E-state index contributed by atoms with van der Waals surface area (Å²) in [7, 11) is 0. The zero-order valence-electron chi connectivity index (χ0n) is 16.5. The number of allylic oxidation sites excluding steroid dienone is 2. The molecule has 24 heavy (non-hydrogen) atoms. The molecule has 0 amide bonds. The fraction of sp³-hybridized carbons (Fsp3) is 0.864. The Morgan fingerprint density at radius 2 is 1.12 bits per heavy atom. The van der Waals surface area contributed by atoms with Crippen molar-refractivity contribution in [2.45, 2.75) is 117 Å². The molecule has 0 aliphatic heterocycles. The molecule has 0 rings (SSSR count). The monoisotopic (exact) mass is 338 g/mol. The maximum atomic E-state index is 11.2. The quantitative estimate of drug-likeness (QED) is 0.148. The van der Waals surface area contributed by atoms with Gasteiger partial charge in [-0.1, -0.05) is 83.3 Å². The molecule has 0 aliphatic carbocycles. The standard InChI is InChI=1S/C22H42O2/c1-3-5-6-7-8-9-10-11-12-13-14-15-16-17-18-19-20-21-22(23)24-4-2/h14-15H,3-13,16-21H2,1-2H3/b15-14-. The van der Waals surface area contributed by atoms with Gasteiger partial charge in [-0.2, -0.15) is 0 Å². The average molecular weight is 339 g/mol. The van der Waals surface area contributed by atoms with Crippen molar-refractivity contribution in [3.05, 3.63) is 12.2 Å². The van der Waals surface area contributed by atoms with Gasteiger partial charge in [-0.15, -0.1) is 0 Å². The molecule has 0 bridgehead atoms. The number of ether oxygens (including phenoxy) is 1. The summed E-state index contributed by atoms with van der Waals surface area (Å²) in [6.07, 6.45) is 25.0. The summed E-state index contributed by atoms with van der Waals surface area (Å²) in [6, 6.07) is 0. The lowest BCUT2D eigenvalue weighted by Gasteiger charge is -2.01. The molecule has 0 spiro atoms. The third-order valence-electron chi connectivity index (χ3n) is 4.45. The van der Waals surface area contributed by atoms with Gasteiger partial charge < -0.3 is 4.74 Å². The zero-order valence-corrected chi connectivity index (χ0v) is 16.5. The first-order chi connectivity index (χ1) is 11.8. The second kappa shape index (κ2) is 20.3. The number of hydrogen-bond acceptors (Lipinski definition) is 2. The number of carbonyl (C=O) groups excluding carboxylic acids is 1. The summed E-state index contributed by atoms with van der Waals surface area (Å²) >= 11 is 0. The van der Waals surface area contributed by atoms with E-state index in [4.69, 9.17) is 4.74 Å². The van der Waals surface area contributed by atoms with Crippen molar-refractivity contribution in [2.24, 2.45) is 0 Å². The highest BCUT2D eigenvalue weighted by Gasteiger charge is 2.00. The van der Waals surface area contributed by atoms with E-state index >= 15 is 0 Å². The molecule has 142 valence electrons. The van der Waals surface area contributed by atoms with Crippen LogP contribution in [-0.2, 0) is 9.53 Å². The van der Waals surface area contributed by atoms with Crippen LogP contribution in [0.15, 0.2) is 12.2 Å². The van der Waals surface area contributed by atoms with Crippen LogP contribution in [0.1, 0.15) is 117 Å². The molecular weight excluding hydrogens is 296 g/mol. The largest absolute Gasteiger partial charge is 0.466 e. The van der Waals surface area contributed by atoms with E-state index in [-0.39, 0.29) is 5.97 Å². The Labute approximate surface area is 151 Å². The predicted molar refractivity (Wildman–Crippen MR) is 105 cm³/mol. The van der Waals surface area contributed by atoms with Gasteiger partial charge in [-0.25, -0.2) is 0 Å². The third-order valence-corrected chi connectivity index (χ3v) is 4.45. The number of rotatable bonds is 18. The second-order valence-electron chi connectivity index (χ2n) is 6.85. The summed E-state index contributed by atoms with van der Waals surface area (Å²) < 4.78 is 4.92. The predicted octanol–water partition coefficient (Wildman–Crippen LogP) is 7.37. The molecule has 0 saturated heterocycles. The van der Waals surface area contributed by atoms with Gasteiger partial charge in [-0.05, 0) is 39.0 Å². The van der Waals surface area contributed by atoms with E-state index in [0.29, 0.717) is 13.0 Å². The van der Waals surface area contributed by atoms with Crippen LogP contribution in [0.3, 0.4) is 0 Å². The third kappa shape index (κ3) is 19.3. The Hall–Kier alpha value is -0.790. The summed E-state index contributed by atoms with van der Waals surface area (Å²) in [5.41, 5.74) is 0. The molecule has 0 heterocycles. The fourth-order valence-corrected chi connectivity index (χ4v) is 2.93. The first-order valence-corrected chi connectivity index (χ1v) is 10.6. The highest BCUT2D eigenvalue weighted by atomic mass is 16.5. The van der Waals surface area contributed by atoms with Crippen LogP contribution in [0.5, 0.6) is 0 Å². The maximum Gasteiger partial charge on any atom is 0.305 e. The van der Waals surface area contributed by atoms with Gasteiger partial charge in [0.1, 0.15) is 0 Å². The normalized spacial score (nSPS) is 11.2. The smallest absolute Gasteiger partial charge is 0.305 e. The van der Waals surface area contributed by atoms with Gasteiger partial charge in [0, 0.05) is 6.42 Å². The van der Waals surface area contributed by atoms with Gasteiger partial charge in [0.25, 0.3) is 0 Å². The Balaban J connectivity index is 3.12. The molecule has 2 heteroatoms. The van der Waals surface area contributed by atoms with Crippen LogP contribution in [0.4, 0.5) is 0 Å². The number of esters is 1. The summed E-state index contributed by atoms with van der Waals surface area (Å²) in [5, 5.41) is 0. The van der Waals surface area contributed by atoms with E-state index in [9.17, 15) is 4.79 Å². The van der Waals surface area contributed by atoms with Crippen LogP contribution in [0.25, 0.3) is 0 Å². The number of hydrogen-bond donors (Lipinski definition) is 0. The SMILES string of the molecule is CCCCCCCCCCC/C=C\CCCCCCC(=O)OCC.